The molecule has 0 fully saturated rings. The molecule has 0 rings (SSSR count). The van der Waals surface area contributed by atoms with E-state index in [4.69, 9.17) is 9.47 Å². The minimum atomic E-state index is -0.546. The molecule has 0 aliphatic rings. The standard InChI is InChI=1S/C11H22O4/c1-9(10(12)13-3)7-6-8-11(2,14-4)15-5/h9H,6-8H2,1-5H3. The summed E-state index contributed by atoms with van der Waals surface area (Å²) in [5, 5.41) is 0. The highest BCUT2D eigenvalue weighted by Crippen LogP contribution is 2.20. The molecule has 0 amide bonds. The largest absolute Gasteiger partial charge is 0.469 e. The Morgan fingerprint density at radius 3 is 2.20 bits per heavy atom. The number of hydrogen-bond donors (Lipinski definition) is 0. The van der Waals surface area contributed by atoms with Crippen LogP contribution in [0.4, 0.5) is 0 Å². The van der Waals surface area contributed by atoms with Gasteiger partial charge in [-0.3, -0.25) is 4.79 Å². The Hall–Kier alpha value is -0.610. The van der Waals surface area contributed by atoms with Crippen molar-refractivity contribution in [2.75, 3.05) is 21.3 Å². The van der Waals surface area contributed by atoms with Gasteiger partial charge >= 0.3 is 5.97 Å². The van der Waals surface area contributed by atoms with Crippen LogP contribution in [0.25, 0.3) is 0 Å². The number of ether oxygens (including phenoxy) is 3. The number of rotatable bonds is 7. The third kappa shape index (κ3) is 5.14. The Morgan fingerprint density at radius 2 is 1.80 bits per heavy atom. The average Bonchev–Trinajstić information content (AvgIpc) is 2.27. The molecule has 15 heavy (non-hydrogen) atoms. The minimum Gasteiger partial charge on any atom is -0.469 e. The van der Waals surface area contributed by atoms with Gasteiger partial charge in [0.1, 0.15) is 0 Å². The maximum atomic E-state index is 11.1. The average molecular weight is 218 g/mol. The molecule has 0 aliphatic carbocycles. The lowest BCUT2D eigenvalue weighted by atomic mass is 10.0. The molecule has 0 heterocycles. The summed E-state index contributed by atoms with van der Waals surface area (Å²) in [6.45, 7) is 3.75. The first-order chi connectivity index (χ1) is 6.99. The van der Waals surface area contributed by atoms with Crippen molar-refractivity contribution in [3.05, 3.63) is 0 Å². The summed E-state index contributed by atoms with van der Waals surface area (Å²) >= 11 is 0. The molecule has 0 bridgehead atoms. The lowest BCUT2D eigenvalue weighted by Gasteiger charge is -2.26. The summed E-state index contributed by atoms with van der Waals surface area (Å²) in [5.41, 5.74) is 0. The molecule has 0 aromatic heterocycles. The lowest BCUT2D eigenvalue weighted by Crippen LogP contribution is -2.29. The minimum absolute atomic E-state index is 0.0621. The number of hydrogen-bond acceptors (Lipinski definition) is 4. The van der Waals surface area contributed by atoms with Crippen molar-refractivity contribution in [1.29, 1.82) is 0 Å². The second-order valence-corrected chi connectivity index (χ2v) is 3.86. The molecule has 0 spiro atoms. The lowest BCUT2D eigenvalue weighted by molar-refractivity contribution is -0.198. The second kappa shape index (κ2) is 6.80. The SMILES string of the molecule is COC(=O)C(C)CCCC(C)(OC)OC. The molecule has 0 saturated heterocycles. The second-order valence-electron chi connectivity index (χ2n) is 3.86. The van der Waals surface area contributed by atoms with Crippen molar-refractivity contribution in [2.45, 2.75) is 38.9 Å². The fraction of sp³-hybridized carbons (Fsp3) is 0.909. The van der Waals surface area contributed by atoms with Gasteiger partial charge in [0.05, 0.1) is 13.0 Å². The molecule has 0 N–H and O–H groups in total. The Balaban J connectivity index is 3.83. The van der Waals surface area contributed by atoms with Crippen molar-refractivity contribution in [1.82, 2.24) is 0 Å². The van der Waals surface area contributed by atoms with Crippen LogP contribution in [0.2, 0.25) is 0 Å². The van der Waals surface area contributed by atoms with E-state index in [1.54, 1.807) is 14.2 Å². The highest BCUT2D eigenvalue weighted by Gasteiger charge is 2.23. The fourth-order valence-corrected chi connectivity index (χ4v) is 1.34. The predicted molar refractivity (Wildman–Crippen MR) is 57.5 cm³/mol. The first-order valence-electron chi connectivity index (χ1n) is 5.17. The van der Waals surface area contributed by atoms with Crippen molar-refractivity contribution in [3.8, 4) is 0 Å². The van der Waals surface area contributed by atoms with Gasteiger partial charge in [-0.05, 0) is 19.8 Å². The van der Waals surface area contributed by atoms with Gasteiger partial charge in [-0.15, -0.1) is 0 Å². The molecule has 4 nitrogen and oxygen atoms in total. The zero-order valence-electron chi connectivity index (χ0n) is 10.3. The molecular weight excluding hydrogens is 196 g/mol. The maximum absolute atomic E-state index is 11.1. The normalized spacial score (nSPS) is 13.7. The van der Waals surface area contributed by atoms with Gasteiger partial charge in [-0.1, -0.05) is 6.92 Å². The molecule has 1 atom stereocenters. The van der Waals surface area contributed by atoms with E-state index in [0.29, 0.717) is 0 Å². The maximum Gasteiger partial charge on any atom is 0.308 e. The van der Waals surface area contributed by atoms with Crippen LogP contribution < -0.4 is 0 Å². The van der Waals surface area contributed by atoms with Crippen molar-refractivity contribution in [2.24, 2.45) is 5.92 Å². The van der Waals surface area contributed by atoms with Crippen LogP contribution in [0.15, 0.2) is 0 Å². The molecule has 90 valence electrons. The van der Waals surface area contributed by atoms with Gasteiger partial charge in [0.15, 0.2) is 5.79 Å². The molecular formula is C11H22O4. The Bertz CT molecular complexity index is 187. The summed E-state index contributed by atoms with van der Waals surface area (Å²) < 4.78 is 15.1. The van der Waals surface area contributed by atoms with E-state index in [1.807, 2.05) is 13.8 Å². The van der Waals surface area contributed by atoms with E-state index < -0.39 is 5.79 Å². The quantitative estimate of drug-likeness (QED) is 0.484. The van der Waals surface area contributed by atoms with Crippen LogP contribution in [0.1, 0.15) is 33.1 Å². The van der Waals surface area contributed by atoms with E-state index in [-0.39, 0.29) is 11.9 Å². The number of methoxy groups -OCH3 is 3. The number of carbonyl (C=O) groups excluding carboxylic acids is 1. The van der Waals surface area contributed by atoms with E-state index in [2.05, 4.69) is 4.74 Å². The zero-order chi connectivity index (χ0) is 11.9. The van der Waals surface area contributed by atoms with Crippen molar-refractivity contribution < 1.29 is 19.0 Å². The highest BCUT2D eigenvalue weighted by atomic mass is 16.7. The van der Waals surface area contributed by atoms with Gasteiger partial charge < -0.3 is 14.2 Å². The summed E-state index contributed by atoms with van der Waals surface area (Å²) in [5.74, 6) is -0.768. The monoisotopic (exact) mass is 218 g/mol. The molecule has 0 aliphatic heterocycles. The predicted octanol–water partition coefficient (Wildman–Crippen LogP) is 1.97. The molecule has 0 aromatic carbocycles. The molecule has 0 saturated carbocycles. The highest BCUT2D eigenvalue weighted by molar-refractivity contribution is 5.71. The van der Waals surface area contributed by atoms with Gasteiger partial charge in [0.2, 0.25) is 0 Å². The van der Waals surface area contributed by atoms with Crippen molar-refractivity contribution in [3.63, 3.8) is 0 Å². The van der Waals surface area contributed by atoms with E-state index >= 15 is 0 Å². The van der Waals surface area contributed by atoms with Crippen LogP contribution in [0.3, 0.4) is 0 Å². The third-order valence-electron chi connectivity index (χ3n) is 2.74. The first-order valence-corrected chi connectivity index (χ1v) is 5.17. The smallest absolute Gasteiger partial charge is 0.308 e. The summed E-state index contributed by atoms with van der Waals surface area (Å²) in [6, 6.07) is 0. The van der Waals surface area contributed by atoms with Crippen LogP contribution in [-0.4, -0.2) is 33.1 Å². The van der Waals surface area contributed by atoms with Gasteiger partial charge in [-0.25, -0.2) is 0 Å². The van der Waals surface area contributed by atoms with E-state index in [9.17, 15) is 4.79 Å². The third-order valence-corrected chi connectivity index (χ3v) is 2.74. The molecule has 4 heteroatoms. The zero-order valence-corrected chi connectivity index (χ0v) is 10.3. The van der Waals surface area contributed by atoms with Gasteiger partial charge in [0, 0.05) is 20.6 Å². The first kappa shape index (κ1) is 14.4. The molecule has 0 aromatic rings. The van der Waals surface area contributed by atoms with Crippen LogP contribution in [0.5, 0.6) is 0 Å². The fourth-order valence-electron chi connectivity index (χ4n) is 1.34. The topological polar surface area (TPSA) is 44.8 Å². The van der Waals surface area contributed by atoms with E-state index in [0.717, 1.165) is 19.3 Å². The Labute approximate surface area is 91.9 Å². The summed E-state index contributed by atoms with van der Waals surface area (Å²) in [4.78, 5) is 11.1. The van der Waals surface area contributed by atoms with E-state index in [1.165, 1.54) is 7.11 Å². The number of esters is 1. The Kier molecular flexibility index (Phi) is 6.52. The van der Waals surface area contributed by atoms with Gasteiger partial charge in [0.25, 0.3) is 0 Å². The van der Waals surface area contributed by atoms with Gasteiger partial charge in [-0.2, -0.15) is 0 Å². The number of carbonyl (C=O) groups is 1. The molecule has 1 unspecified atom stereocenters. The summed E-state index contributed by atoms with van der Waals surface area (Å²) in [6.07, 6.45) is 2.42. The Morgan fingerprint density at radius 1 is 1.27 bits per heavy atom. The summed E-state index contributed by atoms with van der Waals surface area (Å²) in [7, 11) is 4.65. The van der Waals surface area contributed by atoms with Crippen LogP contribution >= 0.6 is 0 Å². The van der Waals surface area contributed by atoms with Crippen molar-refractivity contribution >= 4 is 5.97 Å². The molecule has 0 radical (unpaired) electrons. The van der Waals surface area contributed by atoms with Crippen LogP contribution in [0, 0.1) is 5.92 Å². The van der Waals surface area contributed by atoms with Crippen LogP contribution in [-0.2, 0) is 19.0 Å².